The van der Waals surface area contributed by atoms with E-state index in [1.54, 1.807) is 43.3 Å². The van der Waals surface area contributed by atoms with Crippen molar-refractivity contribution in [2.24, 2.45) is 0 Å². The Morgan fingerprint density at radius 2 is 2.04 bits per heavy atom. The number of hydrogen-bond donors (Lipinski definition) is 1. The summed E-state index contributed by atoms with van der Waals surface area (Å²) in [6.07, 6.45) is -0.111. The zero-order valence-electron chi connectivity index (χ0n) is 15.9. The van der Waals surface area contributed by atoms with Gasteiger partial charge >= 0.3 is 0 Å². The van der Waals surface area contributed by atoms with Gasteiger partial charge in [0.25, 0.3) is 5.91 Å². The van der Waals surface area contributed by atoms with Crippen molar-refractivity contribution in [3.8, 4) is 11.5 Å². The van der Waals surface area contributed by atoms with Crippen molar-refractivity contribution < 1.29 is 23.2 Å². The van der Waals surface area contributed by atoms with Crippen LogP contribution in [-0.2, 0) is 6.61 Å². The predicted molar refractivity (Wildman–Crippen MR) is 102 cm³/mol. The van der Waals surface area contributed by atoms with Crippen LogP contribution in [0.3, 0.4) is 0 Å². The number of anilines is 1. The van der Waals surface area contributed by atoms with Crippen molar-refractivity contribution in [3.05, 3.63) is 71.2 Å². The van der Waals surface area contributed by atoms with Gasteiger partial charge in [-0.2, -0.15) is 0 Å². The second kappa shape index (κ2) is 8.56. The van der Waals surface area contributed by atoms with E-state index in [2.05, 4.69) is 10.5 Å². The topological polar surface area (TPSA) is 73.6 Å². The van der Waals surface area contributed by atoms with E-state index in [0.717, 1.165) is 0 Å². The number of hydrogen-bond acceptors (Lipinski definition) is 5. The highest BCUT2D eigenvalue weighted by Gasteiger charge is 2.17. The number of aryl methyl sites for hydroxylation is 1. The minimum Gasteiger partial charge on any atom is -0.490 e. The van der Waals surface area contributed by atoms with Gasteiger partial charge in [-0.25, -0.2) is 4.39 Å². The molecule has 146 valence electrons. The minimum absolute atomic E-state index is 0.111. The lowest BCUT2D eigenvalue weighted by Crippen LogP contribution is -2.16. The molecule has 0 saturated carbocycles. The van der Waals surface area contributed by atoms with Crippen LogP contribution >= 0.6 is 0 Å². The lowest BCUT2D eigenvalue weighted by molar-refractivity contribution is 0.101. The molecule has 1 aromatic heterocycles. The monoisotopic (exact) mass is 384 g/mol. The number of ether oxygens (including phenoxy) is 2. The van der Waals surface area contributed by atoms with Crippen molar-refractivity contribution in [2.45, 2.75) is 33.5 Å². The second-order valence-corrected chi connectivity index (χ2v) is 6.52. The van der Waals surface area contributed by atoms with Gasteiger partial charge in [-0.3, -0.25) is 4.79 Å². The smallest absolute Gasteiger partial charge is 0.260 e. The van der Waals surface area contributed by atoms with E-state index in [1.807, 2.05) is 13.8 Å². The first-order valence-corrected chi connectivity index (χ1v) is 8.83. The molecule has 0 bridgehead atoms. The van der Waals surface area contributed by atoms with Crippen LogP contribution in [0.2, 0.25) is 0 Å². The van der Waals surface area contributed by atoms with Crippen LogP contribution < -0.4 is 14.8 Å². The summed E-state index contributed by atoms with van der Waals surface area (Å²) in [4.78, 5) is 12.7. The molecule has 1 amide bonds. The molecule has 2 aromatic carbocycles. The highest BCUT2D eigenvalue weighted by Crippen LogP contribution is 2.27. The third kappa shape index (κ3) is 5.09. The molecule has 3 aromatic rings. The van der Waals surface area contributed by atoms with Gasteiger partial charge in [0, 0.05) is 6.07 Å². The van der Waals surface area contributed by atoms with Crippen LogP contribution in [0, 0.1) is 12.7 Å². The van der Waals surface area contributed by atoms with E-state index < -0.39 is 5.91 Å². The maximum Gasteiger partial charge on any atom is 0.260 e. The zero-order valence-corrected chi connectivity index (χ0v) is 15.9. The molecule has 0 atom stereocenters. The third-order valence-corrected chi connectivity index (χ3v) is 3.72. The van der Waals surface area contributed by atoms with Crippen LogP contribution in [0.4, 0.5) is 10.2 Å². The van der Waals surface area contributed by atoms with Crippen LogP contribution in [0.25, 0.3) is 0 Å². The molecule has 0 spiro atoms. The first-order valence-electron chi connectivity index (χ1n) is 8.83. The number of aromatic nitrogens is 1. The fourth-order valence-corrected chi connectivity index (χ4v) is 2.54. The standard InChI is InChI=1S/C21H21FN2O4/c1-13(2)27-19-8-7-17(26-12-15-5-4-6-16(22)10-15)11-18(19)21(25)23-20-9-14(3)28-24-20/h4-11,13H,12H2,1-3H3,(H,23,24,25). The van der Waals surface area contributed by atoms with Crippen LogP contribution in [-0.4, -0.2) is 17.2 Å². The lowest BCUT2D eigenvalue weighted by Gasteiger charge is -2.15. The summed E-state index contributed by atoms with van der Waals surface area (Å²) in [7, 11) is 0. The van der Waals surface area contributed by atoms with Gasteiger partial charge < -0.3 is 19.3 Å². The van der Waals surface area contributed by atoms with Gasteiger partial charge in [-0.1, -0.05) is 17.3 Å². The summed E-state index contributed by atoms with van der Waals surface area (Å²) >= 11 is 0. The SMILES string of the molecule is Cc1cc(NC(=O)c2cc(OCc3cccc(F)c3)ccc2OC(C)C)no1. The fourth-order valence-electron chi connectivity index (χ4n) is 2.54. The molecular formula is C21H21FN2O4. The molecule has 7 heteroatoms. The second-order valence-electron chi connectivity index (χ2n) is 6.52. The minimum atomic E-state index is -0.403. The normalized spacial score (nSPS) is 10.8. The molecule has 0 unspecified atom stereocenters. The number of amides is 1. The van der Waals surface area contributed by atoms with Crippen LogP contribution in [0.15, 0.2) is 53.1 Å². The van der Waals surface area contributed by atoms with Crippen molar-refractivity contribution in [1.82, 2.24) is 5.16 Å². The van der Waals surface area contributed by atoms with Crippen molar-refractivity contribution in [2.75, 3.05) is 5.32 Å². The number of nitrogens with zero attached hydrogens (tertiary/aromatic N) is 1. The van der Waals surface area contributed by atoms with Gasteiger partial charge in [0.2, 0.25) is 0 Å². The largest absolute Gasteiger partial charge is 0.490 e. The Balaban J connectivity index is 1.80. The molecule has 0 aliphatic carbocycles. The van der Waals surface area contributed by atoms with Crippen molar-refractivity contribution >= 4 is 11.7 Å². The molecule has 1 N–H and O–H groups in total. The maximum absolute atomic E-state index is 13.3. The molecule has 0 radical (unpaired) electrons. The quantitative estimate of drug-likeness (QED) is 0.637. The molecule has 28 heavy (non-hydrogen) atoms. The first-order chi connectivity index (χ1) is 13.4. The van der Waals surface area contributed by atoms with Gasteiger partial charge in [-0.05, 0) is 56.7 Å². The molecule has 1 heterocycles. The molecule has 3 rings (SSSR count). The van der Waals surface area contributed by atoms with E-state index in [-0.39, 0.29) is 18.5 Å². The van der Waals surface area contributed by atoms with E-state index in [0.29, 0.717) is 34.2 Å². The van der Waals surface area contributed by atoms with E-state index >= 15 is 0 Å². The Hall–Kier alpha value is -3.35. The third-order valence-electron chi connectivity index (χ3n) is 3.72. The van der Waals surface area contributed by atoms with Crippen LogP contribution in [0.5, 0.6) is 11.5 Å². The summed E-state index contributed by atoms with van der Waals surface area (Å²) in [6.45, 7) is 5.65. The molecule has 0 aliphatic heterocycles. The highest BCUT2D eigenvalue weighted by atomic mass is 19.1. The van der Waals surface area contributed by atoms with E-state index in [9.17, 15) is 9.18 Å². The lowest BCUT2D eigenvalue weighted by atomic mass is 10.1. The summed E-state index contributed by atoms with van der Waals surface area (Å²) in [5, 5.41) is 6.44. The number of carbonyl (C=O) groups excluding carboxylic acids is 1. The van der Waals surface area contributed by atoms with Crippen molar-refractivity contribution in [1.29, 1.82) is 0 Å². The van der Waals surface area contributed by atoms with Crippen molar-refractivity contribution in [3.63, 3.8) is 0 Å². The number of halogens is 1. The Morgan fingerprint density at radius 3 is 2.71 bits per heavy atom. The zero-order chi connectivity index (χ0) is 20.1. The van der Waals surface area contributed by atoms with E-state index in [4.69, 9.17) is 14.0 Å². The summed E-state index contributed by atoms with van der Waals surface area (Å²) in [5.74, 6) is 1.04. The Kier molecular flexibility index (Phi) is 5.93. The average Bonchev–Trinajstić information content (AvgIpc) is 3.05. The molecule has 6 nitrogen and oxygen atoms in total. The summed E-state index contributed by atoms with van der Waals surface area (Å²) in [6, 6.07) is 12.7. The summed E-state index contributed by atoms with van der Waals surface area (Å²) < 4.78 is 29.7. The maximum atomic E-state index is 13.3. The van der Waals surface area contributed by atoms with Gasteiger partial charge in [0.05, 0.1) is 11.7 Å². The first kappa shape index (κ1) is 19.4. The molecule has 0 aliphatic rings. The number of nitrogens with one attached hydrogen (secondary N) is 1. The van der Waals surface area contributed by atoms with Gasteiger partial charge in [0.1, 0.15) is 29.7 Å². The van der Waals surface area contributed by atoms with Gasteiger partial charge in [0.15, 0.2) is 5.82 Å². The van der Waals surface area contributed by atoms with Crippen LogP contribution in [0.1, 0.15) is 35.5 Å². The van der Waals surface area contributed by atoms with E-state index in [1.165, 1.54) is 12.1 Å². The average molecular weight is 384 g/mol. The Bertz CT molecular complexity index is 969. The number of carbonyl (C=O) groups is 1. The molecule has 0 saturated heterocycles. The summed E-state index contributed by atoms with van der Waals surface area (Å²) in [5.41, 5.74) is 0.984. The van der Waals surface area contributed by atoms with Gasteiger partial charge in [-0.15, -0.1) is 0 Å². The Morgan fingerprint density at radius 1 is 1.21 bits per heavy atom. The Labute approximate surface area is 162 Å². The molecular weight excluding hydrogens is 363 g/mol. The molecule has 0 fully saturated rings. The number of benzene rings is 2. The highest BCUT2D eigenvalue weighted by molar-refractivity contribution is 6.06. The fraction of sp³-hybridized carbons (Fsp3) is 0.238. The predicted octanol–water partition coefficient (Wildman–Crippen LogP) is 4.74. The number of rotatable bonds is 7.